The van der Waals surface area contributed by atoms with E-state index in [1.165, 1.54) is 16.7 Å². The zero-order valence-corrected chi connectivity index (χ0v) is 13.0. The van der Waals surface area contributed by atoms with Gasteiger partial charge in [0.2, 0.25) is 5.91 Å². The number of rotatable bonds is 3. The molecule has 0 bridgehead atoms. The average Bonchev–Trinajstić information content (AvgIpc) is 3.30. The Morgan fingerprint density at radius 3 is 2.92 bits per heavy atom. The smallest absolute Gasteiger partial charge is 0.408 e. The normalized spacial score (nSPS) is 19.4. The highest BCUT2D eigenvalue weighted by atomic mass is 19.1. The molecule has 122 valence electrons. The summed E-state index contributed by atoms with van der Waals surface area (Å²) in [4.78, 5) is 23.8. The topological polar surface area (TPSA) is 64.2 Å². The predicted molar refractivity (Wildman–Crippen MR) is 87.3 cm³/mol. The van der Waals surface area contributed by atoms with E-state index in [0.717, 1.165) is 5.56 Å². The van der Waals surface area contributed by atoms with Crippen LogP contribution < -0.4 is 11.1 Å². The van der Waals surface area contributed by atoms with Gasteiger partial charge in [-0.05, 0) is 42.2 Å². The second-order valence-corrected chi connectivity index (χ2v) is 6.10. The second kappa shape index (κ2) is 5.33. The first-order valence-electron chi connectivity index (χ1n) is 7.69. The van der Waals surface area contributed by atoms with Crippen LogP contribution in [0.25, 0.3) is 11.1 Å². The Labute approximate surface area is 136 Å². The van der Waals surface area contributed by atoms with Crippen LogP contribution in [0, 0.1) is 11.7 Å². The van der Waals surface area contributed by atoms with Crippen molar-refractivity contribution in [3.8, 4) is 0 Å². The van der Waals surface area contributed by atoms with Crippen molar-refractivity contribution in [2.45, 2.75) is 12.3 Å². The third kappa shape index (κ3) is 2.50. The van der Waals surface area contributed by atoms with Crippen molar-refractivity contribution in [2.24, 2.45) is 13.0 Å². The Morgan fingerprint density at radius 1 is 1.29 bits per heavy atom. The Kier molecular flexibility index (Phi) is 3.26. The summed E-state index contributed by atoms with van der Waals surface area (Å²) >= 11 is 0. The molecule has 0 aliphatic heterocycles. The number of aryl methyl sites for hydroxylation is 1. The number of hydrogen-bond donors (Lipinski definition) is 1. The minimum absolute atomic E-state index is 0.0547. The Morgan fingerprint density at radius 2 is 2.12 bits per heavy atom. The maximum atomic E-state index is 13.3. The summed E-state index contributed by atoms with van der Waals surface area (Å²) in [6.07, 6.45) is 0.706. The number of hydrogen-bond acceptors (Lipinski definition) is 3. The number of nitrogens with one attached hydrogen (secondary N) is 1. The highest BCUT2D eigenvalue weighted by Gasteiger charge is 2.44. The summed E-state index contributed by atoms with van der Waals surface area (Å²) in [6.45, 7) is 0. The van der Waals surface area contributed by atoms with Crippen molar-refractivity contribution >= 4 is 22.7 Å². The van der Waals surface area contributed by atoms with Gasteiger partial charge in [0.05, 0.1) is 5.52 Å². The van der Waals surface area contributed by atoms with Gasteiger partial charge in [-0.1, -0.05) is 12.1 Å². The standard InChI is InChI=1S/C18H15FN2O3/c1-21-15-6-5-12(8-16(15)24-18(21)23)20-17(22)14-9-13(14)10-3-2-4-11(19)7-10/h2-8,13-14H,9H2,1H3,(H,20,22)/t13-,14+/m1/s1. The molecule has 1 saturated carbocycles. The van der Waals surface area contributed by atoms with Crippen LogP contribution in [0.5, 0.6) is 0 Å². The second-order valence-electron chi connectivity index (χ2n) is 6.10. The first-order valence-corrected chi connectivity index (χ1v) is 7.69. The lowest BCUT2D eigenvalue weighted by Crippen LogP contribution is -2.14. The number of nitrogens with zero attached hydrogens (tertiary/aromatic N) is 1. The Balaban J connectivity index is 1.50. The highest BCUT2D eigenvalue weighted by molar-refractivity contribution is 5.96. The lowest BCUT2D eigenvalue weighted by atomic mass is 10.1. The summed E-state index contributed by atoms with van der Waals surface area (Å²) < 4.78 is 19.8. The van der Waals surface area contributed by atoms with Crippen molar-refractivity contribution in [2.75, 3.05) is 5.32 Å². The largest absolute Gasteiger partial charge is 0.419 e. The van der Waals surface area contributed by atoms with E-state index < -0.39 is 5.76 Å². The fourth-order valence-electron chi connectivity index (χ4n) is 3.04. The van der Waals surface area contributed by atoms with Gasteiger partial charge in [0.1, 0.15) is 5.82 Å². The molecule has 0 unspecified atom stereocenters. The van der Waals surface area contributed by atoms with Gasteiger partial charge in [-0.15, -0.1) is 0 Å². The van der Waals surface area contributed by atoms with Gasteiger partial charge in [0.15, 0.2) is 5.58 Å². The Hall–Kier alpha value is -2.89. The number of carbonyl (C=O) groups excluding carboxylic acids is 1. The minimum Gasteiger partial charge on any atom is -0.408 e. The summed E-state index contributed by atoms with van der Waals surface area (Å²) in [5.74, 6) is -0.948. The third-order valence-corrected chi connectivity index (χ3v) is 4.46. The van der Waals surface area contributed by atoms with Crippen molar-refractivity contribution < 1.29 is 13.6 Å². The third-order valence-electron chi connectivity index (χ3n) is 4.46. The Bertz CT molecular complexity index is 1000. The maximum absolute atomic E-state index is 13.3. The monoisotopic (exact) mass is 326 g/mol. The first kappa shape index (κ1) is 14.7. The molecule has 5 nitrogen and oxygen atoms in total. The van der Waals surface area contributed by atoms with E-state index in [1.54, 1.807) is 31.3 Å². The zero-order valence-electron chi connectivity index (χ0n) is 13.0. The molecule has 2 aromatic carbocycles. The summed E-state index contributed by atoms with van der Waals surface area (Å²) in [6, 6.07) is 11.5. The number of amides is 1. The van der Waals surface area contributed by atoms with E-state index in [1.807, 2.05) is 6.07 Å². The molecular weight excluding hydrogens is 311 g/mol. The number of oxazole rings is 1. The van der Waals surface area contributed by atoms with Crippen molar-refractivity contribution in [1.29, 1.82) is 0 Å². The van der Waals surface area contributed by atoms with Gasteiger partial charge in [-0.2, -0.15) is 0 Å². The number of anilines is 1. The van der Waals surface area contributed by atoms with Crippen molar-refractivity contribution in [3.63, 3.8) is 0 Å². The van der Waals surface area contributed by atoms with Gasteiger partial charge in [0.25, 0.3) is 0 Å². The number of fused-ring (bicyclic) bond motifs is 1. The quantitative estimate of drug-likeness (QED) is 0.805. The average molecular weight is 326 g/mol. The SMILES string of the molecule is Cn1c(=O)oc2cc(NC(=O)[C@H]3C[C@@H]3c3cccc(F)c3)ccc21. The molecule has 0 spiro atoms. The molecule has 1 amide bonds. The fourth-order valence-corrected chi connectivity index (χ4v) is 3.04. The highest BCUT2D eigenvalue weighted by Crippen LogP contribution is 2.48. The van der Waals surface area contributed by atoms with Crippen LogP contribution in [0.1, 0.15) is 17.9 Å². The fraction of sp³-hybridized carbons (Fsp3) is 0.222. The molecule has 0 radical (unpaired) electrons. The summed E-state index contributed by atoms with van der Waals surface area (Å²) in [5, 5.41) is 2.84. The summed E-state index contributed by atoms with van der Waals surface area (Å²) in [7, 11) is 1.63. The lowest BCUT2D eigenvalue weighted by Gasteiger charge is -2.05. The molecule has 2 atom stereocenters. The van der Waals surface area contributed by atoms with Gasteiger partial charge in [-0.25, -0.2) is 9.18 Å². The molecule has 1 aromatic heterocycles. The van der Waals surface area contributed by atoms with Crippen LogP contribution in [0.4, 0.5) is 10.1 Å². The van der Waals surface area contributed by atoms with E-state index >= 15 is 0 Å². The van der Waals surface area contributed by atoms with Crippen molar-refractivity contribution in [3.05, 3.63) is 64.4 Å². The lowest BCUT2D eigenvalue weighted by molar-refractivity contribution is -0.117. The number of aromatic nitrogens is 1. The van der Waals surface area contributed by atoms with E-state index in [2.05, 4.69) is 5.32 Å². The van der Waals surface area contributed by atoms with Crippen molar-refractivity contribution in [1.82, 2.24) is 4.57 Å². The molecule has 1 N–H and O–H groups in total. The van der Waals surface area contributed by atoms with Crippen LogP contribution in [0.15, 0.2) is 51.7 Å². The number of halogens is 1. The van der Waals surface area contributed by atoms with Crippen LogP contribution in [-0.4, -0.2) is 10.5 Å². The van der Waals surface area contributed by atoms with E-state index in [0.29, 0.717) is 23.2 Å². The molecule has 0 saturated heterocycles. The maximum Gasteiger partial charge on any atom is 0.419 e. The molecule has 1 fully saturated rings. The minimum atomic E-state index is -0.443. The van der Waals surface area contributed by atoms with Crippen LogP contribution in [0.3, 0.4) is 0 Å². The van der Waals surface area contributed by atoms with E-state index in [4.69, 9.17) is 4.42 Å². The molecule has 1 aliphatic carbocycles. The molecule has 4 rings (SSSR count). The summed E-state index contributed by atoms with van der Waals surface area (Å²) in [5.41, 5.74) is 2.52. The molecule has 1 aliphatic rings. The molecular formula is C18H15FN2O3. The first-order chi connectivity index (χ1) is 11.5. The molecule has 24 heavy (non-hydrogen) atoms. The zero-order chi connectivity index (χ0) is 16.8. The van der Waals surface area contributed by atoms with Crippen LogP contribution in [-0.2, 0) is 11.8 Å². The molecule has 6 heteroatoms. The van der Waals surface area contributed by atoms with Crippen LogP contribution in [0.2, 0.25) is 0 Å². The number of carbonyl (C=O) groups is 1. The van der Waals surface area contributed by atoms with Crippen LogP contribution >= 0.6 is 0 Å². The molecule has 1 heterocycles. The predicted octanol–water partition coefficient (Wildman–Crippen LogP) is 3.01. The molecule has 3 aromatic rings. The van der Waals surface area contributed by atoms with Gasteiger partial charge < -0.3 is 9.73 Å². The van der Waals surface area contributed by atoms with E-state index in [9.17, 15) is 14.0 Å². The van der Waals surface area contributed by atoms with Gasteiger partial charge >= 0.3 is 5.76 Å². The van der Waals surface area contributed by atoms with E-state index in [-0.39, 0.29) is 23.6 Å². The van der Waals surface area contributed by atoms with Gasteiger partial charge in [0, 0.05) is 24.7 Å². The number of benzene rings is 2. The van der Waals surface area contributed by atoms with Gasteiger partial charge in [-0.3, -0.25) is 9.36 Å².